The number of benzene rings is 1. The predicted molar refractivity (Wildman–Crippen MR) is 83.8 cm³/mol. The maximum absolute atomic E-state index is 13.0. The largest absolute Gasteiger partial charge is 0.492 e. The van der Waals surface area contributed by atoms with Gasteiger partial charge in [0.25, 0.3) is 0 Å². The van der Waals surface area contributed by atoms with Crippen LogP contribution in [0.4, 0.5) is 4.39 Å². The molecule has 0 aliphatic carbocycles. The molecule has 2 N–H and O–H groups in total. The van der Waals surface area contributed by atoms with Gasteiger partial charge in [0.15, 0.2) is 0 Å². The summed E-state index contributed by atoms with van der Waals surface area (Å²) in [4.78, 5) is 19.5. The number of aromatic hydroxyl groups is 2. The molecule has 2 atom stereocenters. The number of methoxy groups -OCH3 is 1. The average Bonchev–Trinajstić information content (AvgIpc) is 2.94. The molecule has 0 radical (unpaired) electrons. The summed E-state index contributed by atoms with van der Waals surface area (Å²) in [5, 5.41) is 22.2. The van der Waals surface area contributed by atoms with Crippen LogP contribution in [-0.2, 0) is 4.74 Å². The van der Waals surface area contributed by atoms with E-state index in [0.717, 1.165) is 12.1 Å². The topological polar surface area (TPSA) is 130 Å². The van der Waals surface area contributed by atoms with Crippen LogP contribution >= 0.6 is 0 Å². The molecule has 1 aromatic heterocycles. The zero-order valence-corrected chi connectivity index (χ0v) is 13.1. The Bertz CT molecular complexity index is 766. The Morgan fingerprint density at radius 2 is 1.88 bits per heavy atom. The van der Waals surface area contributed by atoms with Crippen molar-refractivity contribution in [3.63, 3.8) is 0 Å². The lowest BCUT2D eigenvalue weighted by atomic mass is 10.0. The van der Waals surface area contributed by atoms with Crippen molar-refractivity contribution < 1.29 is 29.0 Å². The predicted octanol–water partition coefficient (Wildman–Crippen LogP) is 2.50. The standard InChI is InChI=1S/C15H15FN4O5/c1-24-14(11(8-16)18-19-17)9-2-4-10(5-3-9)15(23)25-20-12(21)6-7-13(20)22/h2-7,11,14,21-22H,8H2,1H3/t11-,14-/m1/s1. The number of carbonyl (C=O) groups excluding carboxylic acids is 1. The SMILES string of the molecule is CO[C@H](c1ccc(C(=O)On2c(O)ccc2O)cc1)[C@@H](CF)N=[N+]=[N-]. The smallest absolute Gasteiger partial charge is 0.363 e. The number of hydrogen-bond donors (Lipinski definition) is 2. The van der Waals surface area contributed by atoms with Gasteiger partial charge in [-0.3, -0.25) is 4.39 Å². The fourth-order valence-corrected chi connectivity index (χ4v) is 2.19. The first-order valence-electron chi connectivity index (χ1n) is 7.07. The fraction of sp³-hybridized carbons (Fsp3) is 0.267. The highest BCUT2D eigenvalue weighted by Gasteiger charge is 2.23. The number of carbonyl (C=O) groups is 1. The van der Waals surface area contributed by atoms with Crippen molar-refractivity contribution in [2.75, 3.05) is 13.8 Å². The normalized spacial score (nSPS) is 12.9. The molecular formula is C15H15FN4O5. The molecule has 0 spiro atoms. The molecular weight excluding hydrogens is 335 g/mol. The minimum Gasteiger partial charge on any atom is -0.492 e. The van der Waals surface area contributed by atoms with Crippen molar-refractivity contribution in [1.82, 2.24) is 4.73 Å². The van der Waals surface area contributed by atoms with Crippen molar-refractivity contribution in [2.24, 2.45) is 5.11 Å². The average molecular weight is 350 g/mol. The number of ether oxygens (including phenoxy) is 1. The van der Waals surface area contributed by atoms with Gasteiger partial charge in [-0.1, -0.05) is 17.2 Å². The lowest BCUT2D eigenvalue weighted by Gasteiger charge is -2.20. The molecule has 0 bridgehead atoms. The fourth-order valence-electron chi connectivity index (χ4n) is 2.19. The van der Waals surface area contributed by atoms with E-state index in [1.165, 1.54) is 31.4 Å². The van der Waals surface area contributed by atoms with Crippen molar-refractivity contribution in [3.05, 3.63) is 58.0 Å². The molecule has 1 heterocycles. The van der Waals surface area contributed by atoms with Gasteiger partial charge in [0.05, 0.1) is 17.7 Å². The van der Waals surface area contributed by atoms with E-state index in [4.69, 9.17) is 15.1 Å². The highest BCUT2D eigenvalue weighted by Crippen LogP contribution is 2.24. The molecule has 1 aromatic carbocycles. The van der Waals surface area contributed by atoms with Crippen molar-refractivity contribution in [2.45, 2.75) is 12.1 Å². The van der Waals surface area contributed by atoms with Crippen LogP contribution in [0.2, 0.25) is 0 Å². The van der Waals surface area contributed by atoms with E-state index in [1.807, 2.05) is 0 Å². The Morgan fingerprint density at radius 3 is 2.36 bits per heavy atom. The minimum atomic E-state index is -1.04. The zero-order valence-electron chi connectivity index (χ0n) is 13.1. The van der Waals surface area contributed by atoms with Gasteiger partial charge in [0, 0.05) is 24.2 Å². The molecule has 9 nitrogen and oxygen atoms in total. The summed E-state index contributed by atoms with van der Waals surface area (Å²) in [6.07, 6.45) is -0.816. The number of azide groups is 1. The van der Waals surface area contributed by atoms with Gasteiger partial charge >= 0.3 is 5.97 Å². The zero-order chi connectivity index (χ0) is 18.4. The van der Waals surface area contributed by atoms with Crippen LogP contribution < -0.4 is 4.84 Å². The lowest BCUT2D eigenvalue weighted by molar-refractivity contribution is 0.0381. The van der Waals surface area contributed by atoms with Crippen LogP contribution in [0.25, 0.3) is 10.4 Å². The number of aromatic nitrogens is 1. The maximum Gasteiger partial charge on any atom is 0.363 e. The second-order valence-corrected chi connectivity index (χ2v) is 4.93. The Morgan fingerprint density at radius 1 is 1.28 bits per heavy atom. The van der Waals surface area contributed by atoms with Gasteiger partial charge in [0.1, 0.15) is 6.67 Å². The number of hydrogen-bond acceptors (Lipinski definition) is 6. The Labute approximate surface area is 141 Å². The molecule has 25 heavy (non-hydrogen) atoms. The summed E-state index contributed by atoms with van der Waals surface area (Å²) in [5.41, 5.74) is 9.09. The van der Waals surface area contributed by atoms with Gasteiger partial charge < -0.3 is 19.8 Å². The molecule has 0 unspecified atom stereocenters. The molecule has 0 saturated carbocycles. The number of alkyl halides is 1. The highest BCUT2D eigenvalue weighted by atomic mass is 19.1. The summed E-state index contributed by atoms with van der Waals surface area (Å²) in [6.45, 7) is -0.904. The minimum absolute atomic E-state index is 0.117. The summed E-state index contributed by atoms with van der Waals surface area (Å²) >= 11 is 0. The number of halogens is 1. The van der Waals surface area contributed by atoms with E-state index in [2.05, 4.69) is 10.0 Å². The maximum atomic E-state index is 13.0. The van der Waals surface area contributed by atoms with Gasteiger partial charge in [0.2, 0.25) is 11.8 Å². The second kappa shape index (κ2) is 8.04. The third-order valence-corrected chi connectivity index (χ3v) is 3.41. The molecule has 2 aromatic rings. The van der Waals surface area contributed by atoms with Crippen LogP contribution in [0.15, 0.2) is 41.5 Å². The van der Waals surface area contributed by atoms with Crippen LogP contribution in [-0.4, -0.2) is 40.7 Å². The molecule has 0 aliphatic heterocycles. The Kier molecular flexibility index (Phi) is 5.83. The van der Waals surface area contributed by atoms with E-state index >= 15 is 0 Å². The molecule has 0 aliphatic rings. The van der Waals surface area contributed by atoms with Gasteiger partial charge in [-0.2, -0.15) is 0 Å². The Hall–Kier alpha value is -3.23. The summed E-state index contributed by atoms with van der Waals surface area (Å²) in [5.74, 6) is -1.72. The van der Waals surface area contributed by atoms with Crippen molar-refractivity contribution in [1.29, 1.82) is 0 Å². The molecule has 10 heteroatoms. The van der Waals surface area contributed by atoms with E-state index in [0.29, 0.717) is 10.3 Å². The summed E-state index contributed by atoms with van der Waals surface area (Å²) in [7, 11) is 1.35. The second-order valence-electron chi connectivity index (χ2n) is 4.93. The van der Waals surface area contributed by atoms with Gasteiger partial charge in [-0.25, -0.2) is 4.79 Å². The quantitative estimate of drug-likeness (QED) is 0.450. The Balaban J connectivity index is 2.18. The van der Waals surface area contributed by atoms with E-state index in [1.54, 1.807) is 0 Å². The molecule has 0 fully saturated rings. The van der Waals surface area contributed by atoms with Crippen LogP contribution in [0.5, 0.6) is 11.8 Å². The first-order chi connectivity index (χ1) is 12.0. The van der Waals surface area contributed by atoms with Crippen LogP contribution in [0.1, 0.15) is 22.0 Å². The third-order valence-electron chi connectivity index (χ3n) is 3.41. The molecule has 0 saturated heterocycles. The highest BCUT2D eigenvalue weighted by molar-refractivity contribution is 5.89. The van der Waals surface area contributed by atoms with Gasteiger partial charge in [-0.05, 0) is 23.2 Å². The van der Waals surface area contributed by atoms with E-state index < -0.39 is 36.5 Å². The van der Waals surface area contributed by atoms with Crippen molar-refractivity contribution >= 4 is 5.97 Å². The summed E-state index contributed by atoms with van der Waals surface area (Å²) in [6, 6.07) is 7.05. The first-order valence-corrected chi connectivity index (χ1v) is 7.07. The number of rotatable bonds is 7. The first kappa shape index (κ1) is 18.1. The third kappa shape index (κ3) is 4.00. The van der Waals surface area contributed by atoms with Gasteiger partial charge in [-0.15, -0.1) is 4.73 Å². The molecule has 0 amide bonds. The summed E-state index contributed by atoms with van der Waals surface area (Å²) < 4.78 is 18.7. The van der Waals surface area contributed by atoms with Crippen molar-refractivity contribution in [3.8, 4) is 11.8 Å². The van der Waals surface area contributed by atoms with E-state index in [9.17, 15) is 19.4 Å². The molecule has 132 valence electrons. The van der Waals surface area contributed by atoms with Crippen LogP contribution in [0.3, 0.4) is 0 Å². The lowest BCUT2D eigenvalue weighted by Crippen LogP contribution is -2.21. The molecule has 2 rings (SSSR count). The monoisotopic (exact) mass is 350 g/mol. The van der Waals surface area contributed by atoms with Crippen LogP contribution in [0, 0.1) is 0 Å². The number of nitrogens with zero attached hydrogens (tertiary/aromatic N) is 4. The van der Waals surface area contributed by atoms with E-state index in [-0.39, 0.29) is 5.56 Å².